The number of ether oxygens (including phenoxy) is 2. The maximum Gasteiger partial charge on any atom is 0.243 e. The van der Waals surface area contributed by atoms with E-state index in [9.17, 15) is 13.2 Å². The van der Waals surface area contributed by atoms with Gasteiger partial charge in [-0.3, -0.25) is 4.79 Å². The molecule has 0 unspecified atom stereocenters. The number of carbonyl (C=O) groups excluding carboxylic acids is 1. The summed E-state index contributed by atoms with van der Waals surface area (Å²) in [5.41, 5.74) is 2.12. The monoisotopic (exact) mass is 572 g/mol. The summed E-state index contributed by atoms with van der Waals surface area (Å²) in [6.45, 7) is 3.07. The number of anilines is 2. The van der Waals surface area contributed by atoms with E-state index in [2.05, 4.69) is 20.4 Å². The van der Waals surface area contributed by atoms with Crippen molar-refractivity contribution in [1.29, 1.82) is 0 Å². The van der Waals surface area contributed by atoms with Crippen molar-refractivity contribution in [3.63, 3.8) is 0 Å². The van der Waals surface area contributed by atoms with Gasteiger partial charge in [0.2, 0.25) is 15.9 Å². The highest BCUT2D eigenvalue weighted by Crippen LogP contribution is 2.33. The van der Waals surface area contributed by atoms with Crippen LogP contribution in [0.4, 0.5) is 11.4 Å². The zero-order valence-corrected chi connectivity index (χ0v) is 23.6. The number of sulfonamides is 1. The molecule has 3 aromatic rings. The highest BCUT2D eigenvalue weighted by Gasteiger charge is 2.28. The SMILES string of the molecule is COc1ccccc1-c1nnc(SCC(=O)Nc2cc(S(=O)(=O)N3CCOCC3)ccc2N2CCCC2)n1C. The zero-order valence-electron chi connectivity index (χ0n) is 22.0. The molecule has 1 N–H and O–H groups in total. The number of hydrogen-bond acceptors (Lipinski definition) is 9. The molecule has 39 heavy (non-hydrogen) atoms. The fraction of sp³-hybridized carbons (Fsp3) is 0.423. The molecule has 13 heteroatoms. The number of aromatic nitrogens is 3. The van der Waals surface area contributed by atoms with Gasteiger partial charge in [-0.05, 0) is 43.2 Å². The first-order chi connectivity index (χ1) is 18.9. The van der Waals surface area contributed by atoms with Gasteiger partial charge in [0.15, 0.2) is 11.0 Å². The highest BCUT2D eigenvalue weighted by molar-refractivity contribution is 7.99. The normalized spacial score (nSPS) is 16.4. The highest BCUT2D eigenvalue weighted by atomic mass is 32.2. The number of rotatable bonds is 9. The smallest absolute Gasteiger partial charge is 0.243 e. The van der Waals surface area contributed by atoms with Crippen molar-refractivity contribution in [2.24, 2.45) is 7.05 Å². The lowest BCUT2D eigenvalue weighted by molar-refractivity contribution is -0.113. The average molecular weight is 573 g/mol. The Bertz CT molecular complexity index is 1430. The van der Waals surface area contributed by atoms with Gasteiger partial charge in [0.1, 0.15) is 5.75 Å². The predicted octanol–water partition coefficient (Wildman–Crippen LogP) is 2.84. The Hall–Kier alpha value is -3.13. The van der Waals surface area contributed by atoms with E-state index < -0.39 is 10.0 Å². The molecule has 0 atom stereocenters. The number of nitrogens with one attached hydrogen (secondary N) is 1. The van der Waals surface area contributed by atoms with Crippen LogP contribution in [0.1, 0.15) is 12.8 Å². The molecule has 208 valence electrons. The van der Waals surface area contributed by atoms with Gasteiger partial charge in [-0.15, -0.1) is 10.2 Å². The summed E-state index contributed by atoms with van der Waals surface area (Å²) in [4.78, 5) is 15.4. The molecule has 11 nitrogen and oxygen atoms in total. The fourth-order valence-electron chi connectivity index (χ4n) is 4.77. The van der Waals surface area contributed by atoms with Crippen LogP contribution in [0, 0.1) is 0 Å². The molecule has 0 saturated carbocycles. The lowest BCUT2D eigenvalue weighted by Gasteiger charge is -2.27. The van der Waals surface area contributed by atoms with Crippen molar-refractivity contribution in [3.05, 3.63) is 42.5 Å². The van der Waals surface area contributed by atoms with E-state index >= 15 is 0 Å². The first kappa shape index (κ1) is 27.4. The second kappa shape index (κ2) is 11.9. The molecule has 2 fully saturated rings. The summed E-state index contributed by atoms with van der Waals surface area (Å²) in [5.74, 6) is 1.14. The fourth-order valence-corrected chi connectivity index (χ4v) is 6.91. The second-order valence-electron chi connectivity index (χ2n) is 9.29. The molecule has 0 bridgehead atoms. The van der Waals surface area contributed by atoms with E-state index in [-0.39, 0.29) is 16.6 Å². The van der Waals surface area contributed by atoms with Crippen LogP contribution in [0.3, 0.4) is 0 Å². The molecule has 1 aromatic heterocycles. The number of nitrogens with zero attached hydrogens (tertiary/aromatic N) is 5. The molecule has 5 rings (SSSR count). The Morgan fingerprint density at radius 2 is 1.82 bits per heavy atom. The van der Waals surface area contributed by atoms with E-state index in [1.54, 1.807) is 25.3 Å². The lowest BCUT2D eigenvalue weighted by atomic mass is 10.2. The second-order valence-corrected chi connectivity index (χ2v) is 12.2. The Labute approximate surface area is 232 Å². The molecular formula is C26H32N6O5S2. The quantitative estimate of drug-likeness (QED) is 0.386. The Balaban J connectivity index is 1.33. The van der Waals surface area contributed by atoms with Gasteiger partial charge in [-0.25, -0.2) is 8.42 Å². The van der Waals surface area contributed by atoms with Crippen LogP contribution in [0.25, 0.3) is 11.4 Å². The number of thioether (sulfide) groups is 1. The van der Waals surface area contributed by atoms with Gasteiger partial charge in [-0.2, -0.15) is 4.31 Å². The number of carbonyl (C=O) groups is 1. The lowest BCUT2D eigenvalue weighted by Crippen LogP contribution is -2.40. The average Bonchev–Trinajstić information content (AvgIpc) is 3.62. The van der Waals surface area contributed by atoms with Gasteiger partial charge >= 0.3 is 0 Å². The maximum absolute atomic E-state index is 13.3. The van der Waals surface area contributed by atoms with E-state index in [1.165, 1.54) is 16.1 Å². The minimum atomic E-state index is -3.70. The molecule has 0 spiro atoms. The molecule has 0 aliphatic carbocycles. The molecule has 2 aliphatic heterocycles. The van der Waals surface area contributed by atoms with Crippen molar-refractivity contribution in [1.82, 2.24) is 19.1 Å². The third kappa shape index (κ3) is 5.91. The number of methoxy groups -OCH3 is 1. The molecular weight excluding hydrogens is 540 g/mol. The standard InChI is InChI=1S/C26H32N6O5S2/c1-30-25(20-7-3-4-8-23(20)36-2)28-29-26(30)38-18-24(33)27-21-17-19(9-10-22(21)31-11-5-6-12-31)39(34,35)32-13-15-37-16-14-32/h3-4,7-10,17H,5-6,11-16,18H2,1-2H3,(H,27,33). The van der Waals surface area contributed by atoms with Gasteiger partial charge < -0.3 is 24.3 Å². The van der Waals surface area contributed by atoms with Crippen LogP contribution in [-0.2, 0) is 26.6 Å². The van der Waals surface area contributed by atoms with Gasteiger partial charge in [-0.1, -0.05) is 23.9 Å². The van der Waals surface area contributed by atoms with E-state index in [0.29, 0.717) is 48.7 Å². The number of hydrogen-bond donors (Lipinski definition) is 1. The molecule has 2 aromatic carbocycles. The van der Waals surface area contributed by atoms with Crippen LogP contribution in [-0.4, -0.2) is 85.7 Å². The van der Waals surface area contributed by atoms with Crippen molar-refractivity contribution in [2.45, 2.75) is 22.9 Å². The summed E-state index contributed by atoms with van der Waals surface area (Å²) in [7, 11) is -0.260. The first-order valence-electron chi connectivity index (χ1n) is 12.8. The summed E-state index contributed by atoms with van der Waals surface area (Å²) >= 11 is 1.26. The molecule has 2 saturated heterocycles. The van der Waals surface area contributed by atoms with Crippen LogP contribution < -0.4 is 15.0 Å². The van der Waals surface area contributed by atoms with Crippen molar-refractivity contribution < 1.29 is 22.7 Å². The van der Waals surface area contributed by atoms with Gasteiger partial charge in [0, 0.05) is 33.2 Å². The summed E-state index contributed by atoms with van der Waals surface area (Å²) in [5, 5.41) is 12.1. The van der Waals surface area contributed by atoms with Crippen LogP contribution in [0.5, 0.6) is 5.75 Å². The maximum atomic E-state index is 13.3. The molecule has 3 heterocycles. The molecule has 1 amide bonds. The summed E-state index contributed by atoms with van der Waals surface area (Å²) in [6.07, 6.45) is 2.11. The number of amides is 1. The first-order valence-corrected chi connectivity index (χ1v) is 15.2. The third-order valence-electron chi connectivity index (χ3n) is 6.81. The molecule has 2 aliphatic rings. The Morgan fingerprint density at radius 3 is 2.56 bits per heavy atom. The van der Waals surface area contributed by atoms with E-state index in [1.807, 2.05) is 35.9 Å². The Morgan fingerprint density at radius 1 is 1.08 bits per heavy atom. The zero-order chi connectivity index (χ0) is 27.4. The Kier molecular flexibility index (Phi) is 8.40. The minimum Gasteiger partial charge on any atom is -0.496 e. The predicted molar refractivity (Wildman–Crippen MR) is 150 cm³/mol. The number of para-hydroxylation sites is 1. The van der Waals surface area contributed by atoms with Crippen LogP contribution >= 0.6 is 11.8 Å². The third-order valence-corrected chi connectivity index (χ3v) is 9.73. The van der Waals surface area contributed by atoms with Crippen molar-refractivity contribution in [2.75, 3.05) is 62.5 Å². The largest absolute Gasteiger partial charge is 0.496 e. The van der Waals surface area contributed by atoms with E-state index in [4.69, 9.17) is 9.47 Å². The van der Waals surface area contributed by atoms with Crippen molar-refractivity contribution >= 4 is 39.1 Å². The number of morpholine rings is 1. The summed E-state index contributed by atoms with van der Waals surface area (Å²) in [6, 6.07) is 12.5. The number of benzene rings is 2. The minimum absolute atomic E-state index is 0.0811. The topological polar surface area (TPSA) is 119 Å². The molecule has 0 radical (unpaired) electrons. The van der Waals surface area contributed by atoms with Gasteiger partial charge in [0.05, 0.1) is 47.9 Å². The van der Waals surface area contributed by atoms with Gasteiger partial charge in [0.25, 0.3) is 0 Å². The van der Waals surface area contributed by atoms with Crippen LogP contribution in [0.2, 0.25) is 0 Å². The summed E-state index contributed by atoms with van der Waals surface area (Å²) < 4.78 is 40.6. The van der Waals surface area contributed by atoms with E-state index in [0.717, 1.165) is 37.2 Å². The van der Waals surface area contributed by atoms with Crippen molar-refractivity contribution in [3.8, 4) is 17.1 Å². The van der Waals surface area contributed by atoms with Crippen LogP contribution in [0.15, 0.2) is 52.5 Å².